The molecule has 2 aromatic rings. The number of para-hydroxylation sites is 1. The highest BCUT2D eigenvalue weighted by molar-refractivity contribution is 6.31. The fourth-order valence-corrected chi connectivity index (χ4v) is 2.76. The molecule has 0 aliphatic rings. The smallest absolute Gasteiger partial charge is 0.236 e. The van der Waals surface area contributed by atoms with Crippen LogP contribution in [0.5, 0.6) is 5.75 Å². The van der Waals surface area contributed by atoms with Crippen molar-refractivity contribution in [3.05, 3.63) is 64.4 Å². The molecule has 134 valence electrons. The highest BCUT2D eigenvalue weighted by Gasteiger charge is 2.16. The van der Waals surface area contributed by atoms with E-state index in [4.69, 9.17) is 16.3 Å². The highest BCUT2D eigenvalue weighted by atomic mass is 35.5. The van der Waals surface area contributed by atoms with E-state index in [0.29, 0.717) is 17.1 Å². The summed E-state index contributed by atoms with van der Waals surface area (Å²) in [5.74, 6) is 0.309. The maximum Gasteiger partial charge on any atom is 0.236 e. The van der Waals surface area contributed by atoms with Crippen LogP contribution in [0, 0.1) is 5.82 Å². The predicted octanol–water partition coefficient (Wildman–Crippen LogP) is 3.58. The molecule has 0 spiro atoms. The zero-order chi connectivity index (χ0) is 18.4. The number of rotatable bonds is 7. The van der Waals surface area contributed by atoms with Crippen LogP contribution in [0.1, 0.15) is 11.1 Å². The van der Waals surface area contributed by atoms with E-state index in [1.807, 2.05) is 24.3 Å². The normalized spacial score (nSPS) is 10.8. The maximum atomic E-state index is 13.9. The van der Waals surface area contributed by atoms with Crippen LogP contribution < -0.4 is 4.74 Å². The van der Waals surface area contributed by atoms with Gasteiger partial charge in [-0.15, -0.1) is 0 Å². The minimum atomic E-state index is -0.367. The lowest BCUT2D eigenvalue weighted by Gasteiger charge is -2.23. The molecule has 0 fully saturated rings. The molecule has 0 heterocycles. The molecule has 0 unspecified atom stereocenters. The molecule has 2 rings (SSSR count). The van der Waals surface area contributed by atoms with E-state index in [1.54, 1.807) is 43.1 Å². The Morgan fingerprint density at radius 1 is 1.12 bits per heavy atom. The van der Waals surface area contributed by atoms with Crippen molar-refractivity contribution >= 4 is 17.5 Å². The topological polar surface area (TPSA) is 32.8 Å². The summed E-state index contributed by atoms with van der Waals surface area (Å²) in [6.07, 6.45) is 0. The van der Waals surface area contributed by atoms with E-state index in [1.165, 1.54) is 6.07 Å². The monoisotopic (exact) mass is 364 g/mol. The number of halogens is 2. The first-order chi connectivity index (χ1) is 11.9. The quantitative estimate of drug-likeness (QED) is 0.752. The number of hydrogen-bond acceptors (Lipinski definition) is 3. The van der Waals surface area contributed by atoms with Gasteiger partial charge in [-0.3, -0.25) is 9.69 Å². The summed E-state index contributed by atoms with van der Waals surface area (Å²) in [7, 11) is 5.10. The molecule has 4 nitrogen and oxygen atoms in total. The second kappa shape index (κ2) is 8.83. The first kappa shape index (κ1) is 19.2. The lowest BCUT2D eigenvalue weighted by Crippen LogP contribution is -2.36. The van der Waals surface area contributed by atoms with Gasteiger partial charge in [0.05, 0.1) is 13.7 Å². The van der Waals surface area contributed by atoms with Crippen molar-refractivity contribution in [1.29, 1.82) is 0 Å². The second-order valence-electron chi connectivity index (χ2n) is 5.93. The molecule has 0 aromatic heterocycles. The fourth-order valence-electron chi connectivity index (χ4n) is 2.54. The van der Waals surface area contributed by atoms with Crippen molar-refractivity contribution in [3.63, 3.8) is 0 Å². The molecule has 0 saturated carbocycles. The first-order valence-electron chi connectivity index (χ1n) is 7.89. The molecular weight excluding hydrogens is 343 g/mol. The van der Waals surface area contributed by atoms with Gasteiger partial charge in [0.15, 0.2) is 0 Å². The van der Waals surface area contributed by atoms with Gasteiger partial charge >= 0.3 is 0 Å². The Balaban J connectivity index is 1.96. The zero-order valence-electron chi connectivity index (χ0n) is 14.6. The van der Waals surface area contributed by atoms with Gasteiger partial charge in [-0.2, -0.15) is 0 Å². The lowest BCUT2D eigenvalue weighted by atomic mass is 10.2. The molecular formula is C19H22ClFN2O2. The summed E-state index contributed by atoms with van der Waals surface area (Å²) in [4.78, 5) is 15.8. The Hall–Kier alpha value is -2.11. The molecule has 0 radical (unpaired) electrons. The number of hydrogen-bond donors (Lipinski definition) is 0. The zero-order valence-corrected chi connectivity index (χ0v) is 15.4. The number of methoxy groups -OCH3 is 1. The molecule has 0 aliphatic carbocycles. The standard InChI is InChI=1S/C19H22ClFN2O2/c1-22(12-15-16(20)8-6-9-17(15)21)13-19(24)23(2)11-14-7-4-5-10-18(14)25-3/h4-10H,11-13H2,1-3H3. The summed E-state index contributed by atoms with van der Waals surface area (Å²) in [5, 5.41) is 0.363. The van der Waals surface area contributed by atoms with Crippen molar-refractivity contribution in [1.82, 2.24) is 9.80 Å². The van der Waals surface area contributed by atoms with Crippen LogP contribution in [0.15, 0.2) is 42.5 Å². The second-order valence-corrected chi connectivity index (χ2v) is 6.34. The fraction of sp³-hybridized carbons (Fsp3) is 0.316. The van der Waals surface area contributed by atoms with Crippen molar-refractivity contribution in [2.45, 2.75) is 13.1 Å². The Morgan fingerprint density at radius 2 is 1.84 bits per heavy atom. The Morgan fingerprint density at radius 3 is 2.52 bits per heavy atom. The molecule has 25 heavy (non-hydrogen) atoms. The van der Waals surface area contributed by atoms with Crippen molar-refractivity contribution in [3.8, 4) is 5.75 Å². The van der Waals surface area contributed by atoms with Gasteiger partial charge in [0.1, 0.15) is 11.6 Å². The highest BCUT2D eigenvalue weighted by Crippen LogP contribution is 2.21. The van der Waals surface area contributed by atoms with Crippen LogP contribution in [0.25, 0.3) is 0 Å². The van der Waals surface area contributed by atoms with Gasteiger partial charge in [0.2, 0.25) is 5.91 Å². The molecule has 6 heteroatoms. The SMILES string of the molecule is COc1ccccc1CN(C)C(=O)CN(C)Cc1c(F)cccc1Cl. The van der Waals surface area contributed by atoms with Gasteiger partial charge < -0.3 is 9.64 Å². The molecule has 0 atom stereocenters. The number of likely N-dealkylation sites (N-methyl/N-ethyl adjacent to an activating group) is 2. The molecule has 1 amide bonds. The third kappa shape index (κ3) is 5.18. The van der Waals surface area contributed by atoms with E-state index in [9.17, 15) is 9.18 Å². The molecule has 0 aliphatic heterocycles. The number of amides is 1. The van der Waals surface area contributed by atoms with Crippen LogP contribution in [-0.4, -0.2) is 43.5 Å². The van der Waals surface area contributed by atoms with Gasteiger partial charge in [0, 0.05) is 36.3 Å². The Bertz CT molecular complexity index is 719. The van der Waals surface area contributed by atoms with Crippen LogP contribution in [0.3, 0.4) is 0 Å². The average molecular weight is 365 g/mol. The Labute approximate surface area is 152 Å². The van der Waals surface area contributed by atoms with Gasteiger partial charge in [-0.25, -0.2) is 4.39 Å². The maximum absolute atomic E-state index is 13.9. The van der Waals surface area contributed by atoms with Crippen molar-refractivity contribution in [2.75, 3.05) is 27.7 Å². The number of carbonyl (C=O) groups excluding carboxylic acids is 1. The molecule has 2 aromatic carbocycles. The van der Waals surface area contributed by atoms with Gasteiger partial charge in [-0.05, 0) is 25.2 Å². The van der Waals surface area contributed by atoms with Crippen molar-refractivity contribution < 1.29 is 13.9 Å². The van der Waals surface area contributed by atoms with E-state index in [2.05, 4.69) is 0 Å². The average Bonchev–Trinajstić information content (AvgIpc) is 2.58. The summed E-state index contributed by atoms with van der Waals surface area (Å²) in [6.45, 7) is 0.868. The lowest BCUT2D eigenvalue weighted by molar-refractivity contribution is -0.131. The molecule has 0 saturated heterocycles. The summed E-state index contributed by atoms with van der Waals surface area (Å²) in [6, 6.07) is 12.1. The minimum absolute atomic E-state index is 0.0686. The number of carbonyl (C=O) groups is 1. The van der Waals surface area contributed by atoms with Crippen molar-refractivity contribution in [2.24, 2.45) is 0 Å². The van der Waals surface area contributed by atoms with Gasteiger partial charge in [0.25, 0.3) is 0 Å². The summed E-state index contributed by atoms with van der Waals surface area (Å²) >= 11 is 6.04. The third-order valence-electron chi connectivity index (χ3n) is 3.92. The number of nitrogens with zero attached hydrogens (tertiary/aromatic N) is 2. The predicted molar refractivity (Wildman–Crippen MR) is 97.2 cm³/mol. The number of benzene rings is 2. The van der Waals surface area contributed by atoms with Crippen LogP contribution in [0.4, 0.5) is 4.39 Å². The van der Waals surface area contributed by atoms with E-state index in [0.717, 1.165) is 11.3 Å². The number of ether oxygens (including phenoxy) is 1. The third-order valence-corrected chi connectivity index (χ3v) is 4.27. The van der Waals surface area contributed by atoms with Gasteiger partial charge in [-0.1, -0.05) is 35.9 Å². The van der Waals surface area contributed by atoms with Crippen LogP contribution in [-0.2, 0) is 17.9 Å². The minimum Gasteiger partial charge on any atom is -0.496 e. The van der Waals surface area contributed by atoms with Crippen LogP contribution in [0.2, 0.25) is 5.02 Å². The van der Waals surface area contributed by atoms with E-state index >= 15 is 0 Å². The summed E-state index contributed by atoms with van der Waals surface area (Å²) < 4.78 is 19.2. The van der Waals surface area contributed by atoms with E-state index in [-0.39, 0.29) is 24.8 Å². The summed E-state index contributed by atoms with van der Waals surface area (Å²) in [5.41, 5.74) is 1.33. The largest absolute Gasteiger partial charge is 0.496 e. The first-order valence-corrected chi connectivity index (χ1v) is 8.27. The molecule has 0 bridgehead atoms. The Kier molecular flexibility index (Phi) is 6.79. The van der Waals surface area contributed by atoms with E-state index < -0.39 is 0 Å². The molecule has 0 N–H and O–H groups in total. The van der Waals surface area contributed by atoms with Crippen LogP contribution >= 0.6 is 11.6 Å².